The molecule has 4 rings (SSSR count). The van der Waals surface area contributed by atoms with E-state index in [-0.39, 0.29) is 12.5 Å². The fourth-order valence-corrected chi connectivity index (χ4v) is 3.38. The topological polar surface area (TPSA) is 96.6 Å². The predicted molar refractivity (Wildman–Crippen MR) is 113 cm³/mol. The first kappa shape index (κ1) is 20.5. The highest BCUT2D eigenvalue weighted by Crippen LogP contribution is 2.27. The number of aryl methyl sites for hydroxylation is 1. The highest BCUT2D eigenvalue weighted by Gasteiger charge is 2.15. The van der Waals surface area contributed by atoms with Crippen LogP contribution in [0.5, 0.6) is 11.5 Å². The van der Waals surface area contributed by atoms with Crippen molar-refractivity contribution >= 4 is 17.3 Å². The maximum absolute atomic E-state index is 12.3. The molecule has 0 amide bonds. The smallest absolute Gasteiger partial charge is 0.338 e. The fraction of sp³-hybridized carbons (Fsp3) is 0.182. The van der Waals surface area contributed by atoms with Gasteiger partial charge in [0.2, 0.25) is 5.82 Å². The van der Waals surface area contributed by atoms with Crippen LogP contribution in [-0.2, 0) is 18.0 Å². The van der Waals surface area contributed by atoms with E-state index in [0.29, 0.717) is 35.1 Å². The summed E-state index contributed by atoms with van der Waals surface area (Å²) in [4.78, 5) is 20.9. The number of benzene rings is 2. The molecular formula is C22H19N3O5S. The molecule has 0 bridgehead atoms. The third-order valence-corrected chi connectivity index (χ3v) is 5.11. The molecule has 0 atom stereocenters. The third-order valence-electron chi connectivity index (χ3n) is 4.29. The summed E-state index contributed by atoms with van der Waals surface area (Å²) in [5.41, 5.74) is 1.95. The molecule has 2 aromatic heterocycles. The number of ether oxygens (including phenoxy) is 3. The summed E-state index contributed by atoms with van der Waals surface area (Å²) in [5.74, 6) is 1.31. The molecule has 0 aliphatic carbocycles. The van der Waals surface area contributed by atoms with Gasteiger partial charge >= 0.3 is 5.97 Å². The summed E-state index contributed by atoms with van der Waals surface area (Å²) in [6, 6.07) is 14.0. The van der Waals surface area contributed by atoms with Crippen LogP contribution in [0, 0.1) is 6.92 Å². The molecular weight excluding hydrogens is 418 g/mol. The van der Waals surface area contributed by atoms with Gasteiger partial charge in [-0.2, -0.15) is 4.98 Å². The normalized spacial score (nSPS) is 10.6. The van der Waals surface area contributed by atoms with Crippen molar-refractivity contribution in [3.05, 3.63) is 76.1 Å². The van der Waals surface area contributed by atoms with Gasteiger partial charge in [-0.05, 0) is 43.3 Å². The highest BCUT2D eigenvalue weighted by molar-refractivity contribution is 7.09. The number of para-hydroxylation sites is 1. The molecule has 0 spiro atoms. The molecule has 0 saturated heterocycles. The van der Waals surface area contributed by atoms with Crippen molar-refractivity contribution in [2.45, 2.75) is 20.1 Å². The van der Waals surface area contributed by atoms with Crippen LogP contribution in [0.25, 0.3) is 11.4 Å². The Kier molecular flexibility index (Phi) is 6.23. The van der Waals surface area contributed by atoms with Crippen molar-refractivity contribution in [1.29, 1.82) is 0 Å². The zero-order valence-electron chi connectivity index (χ0n) is 16.9. The molecule has 158 valence electrons. The highest BCUT2D eigenvalue weighted by atomic mass is 32.1. The standard InChI is InChI=1S/C22H19N3O5S/c1-14-23-16(13-31-14)11-28-17-9-7-15(8-10-17)22(26)29-12-20-24-21(25-30-20)18-5-3-4-6-19(18)27-2/h3-10,13H,11-12H2,1-2H3. The Morgan fingerprint density at radius 2 is 1.87 bits per heavy atom. The maximum Gasteiger partial charge on any atom is 0.338 e. The van der Waals surface area contributed by atoms with Crippen molar-refractivity contribution < 1.29 is 23.5 Å². The number of aromatic nitrogens is 3. The maximum atomic E-state index is 12.3. The van der Waals surface area contributed by atoms with Crippen molar-refractivity contribution in [1.82, 2.24) is 15.1 Å². The third kappa shape index (κ3) is 5.07. The Labute approximate surface area is 182 Å². The number of carbonyl (C=O) groups is 1. The van der Waals surface area contributed by atoms with Crippen LogP contribution in [0.1, 0.15) is 27.0 Å². The van der Waals surface area contributed by atoms with Gasteiger partial charge in [0, 0.05) is 5.38 Å². The Morgan fingerprint density at radius 3 is 2.61 bits per heavy atom. The number of rotatable bonds is 8. The number of hydrogen-bond donors (Lipinski definition) is 0. The monoisotopic (exact) mass is 437 g/mol. The minimum absolute atomic E-state index is 0.136. The molecule has 31 heavy (non-hydrogen) atoms. The summed E-state index contributed by atoms with van der Waals surface area (Å²) in [7, 11) is 1.57. The van der Waals surface area contributed by atoms with Crippen molar-refractivity contribution in [3.63, 3.8) is 0 Å². The summed E-state index contributed by atoms with van der Waals surface area (Å²) >= 11 is 1.58. The number of methoxy groups -OCH3 is 1. The van der Waals surface area contributed by atoms with Gasteiger partial charge in [-0.15, -0.1) is 11.3 Å². The second kappa shape index (κ2) is 9.40. The lowest BCUT2D eigenvalue weighted by atomic mass is 10.2. The number of esters is 1. The van der Waals surface area contributed by atoms with E-state index in [1.54, 1.807) is 48.8 Å². The van der Waals surface area contributed by atoms with Crippen LogP contribution in [0.4, 0.5) is 0 Å². The molecule has 0 N–H and O–H groups in total. The molecule has 0 radical (unpaired) electrons. The van der Waals surface area contributed by atoms with E-state index < -0.39 is 5.97 Å². The van der Waals surface area contributed by atoms with Crippen molar-refractivity contribution in [2.75, 3.05) is 7.11 Å². The molecule has 8 nitrogen and oxygen atoms in total. The molecule has 0 aliphatic heterocycles. The summed E-state index contributed by atoms with van der Waals surface area (Å²) in [6.07, 6.45) is 0. The minimum Gasteiger partial charge on any atom is -0.496 e. The van der Waals surface area contributed by atoms with Crippen LogP contribution in [0.15, 0.2) is 58.4 Å². The van der Waals surface area contributed by atoms with Crippen LogP contribution >= 0.6 is 11.3 Å². The van der Waals surface area contributed by atoms with Crippen LogP contribution in [0.2, 0.25) is 0 Å². The average Bonchev–Trinajstić information content (AvgIpc) is 3.45. The zero-order valence-corrected chi connectivity index (χ0v) is 17.7. The van der Waals surface area contributed by atoms with Gasteiger partial charge in [0.15, 0.2) is 6.61 Å². The van der Waals surface area contributed by atoms with Gasteiger partial charge in [0.25, 0.3) is 5.89 Å². The molecule has 0 fully saturated rings. The Morgan fingerprint density at radius 1 is 1.06 bits per heavy atom. The second-order valence-corrected chi connectivity index (χ2v) is 7.52. The van der Waals surface area contributed by atoms with Crippen LogP contribution in [0.3, 0.4) is 0 Å². The van der Waals surface area contributed by atoms with E-state index in [0.717, 1.165) is 10.7 Å². The van der Waals surface area contributed by atoms with Crippen molar-refractivity contribution in [2.24, 2.45) is 0 Å². The minimum atomic E-state index is -0.501. The molecule has 0 aliphatic rings. The summed E-state index contributed by atoms with van der Waals surface area (Å²) in [6.45, 7) is 2.18. The van der Waals surface area contributed by atoms with Crippen LogP contribution in [-0.4, -0.2) is 28.2 Å². The van der Waals surface area contributed by atoms with Gasteiger partial charge in [0.1, 0.15) is 18.1 Å². The molecule has 0 saturated carbocycles. The van der Waals surface area contributed by atoms with Gasteiger partial charge in [-0.1, -0.05) is 17.3 Å². The van der Waals surface area contributed by atoms with Crippen LogP contribution < -0.4 is 9.47 Å². The van der Waals surface area contributed by atoms with Crippen molar-refractivity contribution in [3.8, 4) is 22.9 Å². The molecule has 2 aromatic carbocycles. The zero-order chi connectivity index (χ0) is 21.6. The SMILES string of the molecule is COc1ccccc1-c1noc(COC(=O)c2ccc(OCc3csc(C)n3)cc2)n1. The van der Waals surface area contributed by atoms with E-state index in [9.17, 15) is 4.79 Å². The predicted octanol–water partition coefficient (Wildman–Crippen LogP) is 4.45. The summed E-state index contributed by atoms with van der Waals surface area (Å²) < 4.78 is 21.4. The first-order valence-corrected chi connectivity index (χ1v) is 10.3. The van der Waals surface area contributed by atoms with E-state index in [4.69, 9.17) is 18.7 Å². The molecule has 0 unspecified atom stereocenters. The molecule has 9 heteroatoms. The first-order valence-electron chi connectivity index (χ1n) is 9.39. The van der Waals surface area contributed by atoms with E-state index in [1.807, 2.05) is 30.5 Å². The molecule has 2 heterocycles. The fourth-order valence-electron chi connectivity index (χ4n) is 2.78. The number of thiazole rings is 1. The average molecular weight is 437 g/mol. The molecule has 4 aromatic rings. The Bertz CT molecular complexity index is 1170. The lowest BCUT2D eigenvalue weighted by molar-refractivity contribution is 0.0430. The summed E-state index contributed by atoms with van der Waals surface area (Å²) in [5, 5.41) is 6.88. The van der Waals surface area contributed by atoms with E-state index in [1.165, 1.54) is 0 Å². The largest absolute Gasteiger partial charge is 0.496 e. The lowest BCUT2D eigenvalue weighted by Crippen LogP contribution is -2.05. The number of nitrogens with zero attached hydrogens (tertiary/aromatic N) is 3. The number of carbonyl (C=O) groups excluding carboxylic acids is 1. The number of hydrogen-bond acceptors (Lipinski definition) is 9. The van der Waals surface area contributed by atoms with Gasteiger partial charge in [-0.25, -0.2) is 9.78 Å². The van der Waals surface area contributed by atoms with Gasteiger partial charge in [0.05, 0.1) is 28.9 Å². The Balaban J connectivity index is 1.32. The second-order valence-electron chi connectivity index (χ2n) is 6.46. The van der Waals surface area contributed by atoms with Gasteiger partial charge in [-0.3, -0.25) is 0 Å². The first-order chi connectivity index (χ1) is 15.1. The van der Waals surface area contributed by atoms with Gasteiger partial charge < -0.3 is 18.7 Å². The Hall–Kier alpha value is -3.72. The van der Waals surface area contributed by atoms with E-state index in [2.05, 4.69) is 15.1 Å². The van der Waals surface area contributed by atoms with E-state index >= 15 is 0 Å². The lowest BCUT2D eigenvalue weighted by Gasteiger charge is -2.06. The quantitative estimate of drug-likeness (QED) is 0.373.